The van der Waals surface area contributed by atoms with Crippen LogP contribution < -0.4 is 10.1 Å². The normalized spacial score (nSPS) is 17.2. The molecule has 0 saturated heterocycles. The van der Waals surface area contributed by atoms with E-state index in [4.69, 9.17) is 27.9 Å². The maximum Gasteiger partial charge on any atom is 0.142 e. The predicted molar refractivity (Wildman–Crippen MR) is 82.6 cm³/mol. The average Bonchev–Trinajstić information content (AvgIpc) is 2.45. The summed E-state index contributed by atoms with van der Waals surface area (Å²) in [7, 11) is 0. The highest BCUT2D eigenvalue weighted by Crippen LogP contribution is 2.39. The zero-order chi connectivity index (χ0) is 14.8. The van der Waals surface area contributed by atoms with Gasteiger partial charge in [0.05, 0.1) is 11.6 Å². The van der Waals surface area contributed by atoms with Gasteiger partial charge in [-0.05, 0) is 29.8 Å². The molecule has 1 heterocycles. The molecule has 3 rings (SSSR count). The SMILES string of the molecule is Fc1cccc(CNC2CCOc3c(Cl)cc(Cl)cc32)c1. The third kappa shape index (κ3) is 3.31. The number of benzene rings is 2. The lowest BCUT2D eigenvalue weighted by molar-refractivity contribution is 0.252. The van der Waals surface area contributed by atoms with Crippen molar-refractivity contribution in [2.24, 2.45) is 0 Å². The summed E-state index contributed by atoms with van der Waals surface area (Å²) in [6, 6.07) is 10.2. The van der Waals surface area contributed by atoms with E-state index in [9.17, 15) is 4.39 Å². The molecule has 0 radical (unpaired) electrons. The van der Waals surface area contributed by atoms with E-state index < -0.39 is 0 Å². The minimum atomic E-state index is -0.229. The molecule has 1 aliphatic rings. The van der Waals surface area contributed by atoms with Crippen molar-refractivity contribution in [3.05, 3.63) is 63.4 Å². The van der Waals surface area contributed by atoms with E-state index in [0.29, 0.717) is 28.9 Å². The van der Waals surface area contributed by atoms with Crippen molar-refractivity contribution in [2.45, 2.75) is 19.0 Å². The summed E-state index contributed by atoms with van der Waals surface area (Å²) in [5.74, 6) is 0.455. The maximum atomic E-state index is 13.2. The summed E-state index contributed by atoms with van der Waals surface area (Å²) < 4.78 is 18.8. The molecule has 1 unspecified atom stereocenters. The molecule has 0 saturated carbocycles. The summed E-state index contributed by atoms with van der Waals surface area (Å²) >= 11 is 12.2. The van der Waals surface area contributed by atoms with Crippen LogP contribution in [0.15, 0.2) is 36.4 Å². The van der Waals surface area contributed by atoms with Crippen molar-refractivity contribution in [3.63, 3.8) is 0 Å². The Morgan fingerprint density at radius 1 is 1.24 bits per heavy atom. The first-order valence-corrected chi connectivity index (χ1v) is 7.48. The molecule has 2 aromatic rings. The van der Waals surface area contributed by atoms with E-state index in [-0.39, 0.29) is 11.9 Å². The lowest BCUT2D eigenvalue weighted by Crippen LogP contribution is -2.27. The second kappa shape index (κ2) is 6.22. The van der Waals surface area contributed by atoms with Crippen LogP contribution in [0.3, 0.4) is 0 Å². The van der Waals surface area contributed by atoms with Crippen LogP contribution in [0.5, 0.6) is 5.75 Å². The van der Waals surface area contributed by atoms with Crippen molar-refractivity contribution in [1.82, 2.24) is 5.32 Å². The molecule has 2 aromatic carbocycles. The van der Waals surface area contributed by atoms with Gasteiger partial charge in [0.15, 0.2) is 0 Å². The van der Waals surface area contributed by atoms with Crippen molar-refractivity contribution in [3.8, 4) is 5.75 Å². The quantitative estimate of drug-likeness (QED) is 0.879. The Hall–Kier alpha value is -1.29. The highest BCUT2D eigenvalue weighted by molar-refractivity contribution is 6.35. The maximum absolute atomic E-state index is 13.2. The van der Waals surface area contributed by atoms with Gasteiger partial charge in [-0.2, -0.15) is 0 Å². The summed E-state index contributed by atoms with van der Waals surface area (Å²) in [6.45, 7) is 1.17. The number of halogens is 3. The molecule has 0 spiro atoms. The second-order valence-corrected chi connectivity index (χ2v) is 5.85. The zero-order valence-electron chi connectivity index (χ0n) is 11.2. The summed E-state index contributed by atoms with van der Waals surface area (Å²) in [6.07, 6.45) is 0.818. The average molecular weight is 326 g/mol. The van der Waals surface area contributed by atoms with Crippen molar-refractivity contribution in [1.29, 1.82) is 0 Å². The van der Waals surface area contributed by atoms with E-state index in [1.54, 1.807) is 12.1 Å². The van der Waals surface area contributed by atoms with E-state index in [1.807, 2.05) is 12.1 Å². The van der Waals surface area contributed by atoms with Gasteiger partial charge in [0.2, 0.25) is 0 Å². The second-order valence-electron chi connectivity index (χ2n) is 5.01. The van der Waals surface area contributed by atoms with Crippen LogP contribution >= 0.6 is 23.2 Å². The highest BCUT2D eigenvalue weighted by atomic mass is 35.5. The standard InChI is InChI=1S/C16H14Cl2FNO/c17-11-7-13-15(4-5-21-16(13)14(18)8-11)20-9-10-2-1-3-12(19)6-10/h1-3,6-8,15,20H,4-5,9H2. The Bertz CT molecular complexity index is 663. The monoisotopic (exact) mass is 325 g/mol. The van der Waals surface area contributed by atoms with Crippen molar-refractivity contribution < 1.29 is 9.13 Å². The van der Waals surface area contributed by atoms with Crippen LogP contribution in [0.25, 0.3) is 0 Å². The molecule has 1 atom stereocenters. The van der Waals surface area contributed by atoms with Gasteiger partial charge in [0.25, 0.3) is 0 Å². The van der Waals surface area contributed by atoms with Gasteiger partial charge in [-0.25, -0.2) is 4.39 Å². The van der Waals surface area contributed by atoms with Gasteiger partial charge < -0.3 is 10.1 Å². The third-order valence-corrected chi connectivity index (χ3v) is 4.01. The Morgan fingerprint density at radius 3 is 2.90 bits per heavy atom. The third-order valence-electron chi connectivity index (χ3n) is 3.51. The Labute approximate surface area is 132 Å². The first kappa shape index (κ1) is 14.6. The van der Waals surface area contributed by atoms with E-state index in [2.05, 4.69) is 5.32 Å². The van der Waals surface area contributed by atoms with Gasteiger partial charge in [-0.1, -0.05) is 35.3 Å². The molecule has 0 aliphatic carbocycles. The van der Waals surface area contributed by atoms with Gasteiger partial charge in [-0.3, -0.25) is 0 Å². The smallest absolute Gasteiger partial charge is 0.142 e. The van der Waals surface area contributed by atoms with Crippen molar-refractivity contribution in [2.75, 3.05) is 6.61 Å². The lowest BCUT2D eigenvalue weighted by Gasteiger charge is -2.27. The summed E-state index contributed by atoms with van der Waals surface area (Å²) in [5, 5.41) is 4.52. The molecular formula is C16H14Cl2FNO. The molecule has 5 heteroatoms. The van der Waals surface area contributed by atoms with Crippen LogP contribution in [0, 0.1) is 5.82 Å². The molecule has 1 aliphatic heterocycles. The first-order chi connectivity index (χ1) is 10.1. The van der Waals surface area contributed by atoms with Crippen LogP contribution in [0.1, 0.15) is 23.6 Å². The molecule has 0 bridgehead atoms. The van der Waals surface area contributed by atoms with Gasteiger partial charge in [0, 0.05) is 29.6 Å². The first-order valence-electron chi connectivity index (χ1n) is 6.73. The van der Waals surface area contributed by atoms with Crippen LogP contribution in [-0.4, -0.2) is 6.61 Å². The lowest BCUT2D eigenvalue weighted by atomic mass is 10.00. The van der Waals surface area contributed by atoms with Crippen LogP contribution in [0.4, 0.5) is 4.39 Å². The highest BCUT2D eigenvalue weighted by Gasteiger charge is 2.23. The number of nitrogens with one attached hydrogen (secondary N) is 1. The molecule has 0 amide bonds. The van der Waals surface area contributed by atoms with E-state index in [1.165, 1.54) is 12.1 Å². The minimum absolute atomic E-state index is 0.0909. The predicted octanol–water partition coefficient (Wildman–Crippen LogP) is 4.75. The molecular weight excluding hydrogens is 312 g/mol. The number of hydrogen-bond acceptors (Lipinski definition) is 2. The fraction of sp³-hybridized carbons (Fsp3) is 0.250. The number of hydrogen-bond donors (Lipinski definition) is 1. The Kier molecular flexibility index (Phi) is 4.34. The Morgan fingerprint density at radius 2 is 2.10 bits per heavy atom. The molecule has 21 heavy (non-hydrogen) atoms. The molecule has 1 N–H and O–H groups in total. The molecule has 0 aromatic heterocycles. The molecule has 0 fully saturated rings. The van der Waals surface area contributed by atoms with Gasteiger partial charge in [0.1, 0.15) is 11.6 Å². The topological polar surface area (TPSA) is 21.3 Å². The number of ether oxygens (including phenoxy) is 1. The summed E-state index contributed by atoms with van der Waals surface area (Å²) in [4.78, 5) is 0. The number of rotatable bonds is 3. The number of fused-ring (bicyclic) bond motifs is 1. The van der Waals surface area contributed by atoms with Gasteiger partial charge >= 0.3 is 0 Å². The fourth-order valence-electron chi connectivity index (χ4n) is 2.53. The minimum Gasteiger partial charge on any atom is -0.492 e. The zero-order valence-corrected chi connectivity index (χ0v) is 12.7. The van der Waals surface area contributed by atoms with Crippen molar-refractivity contribution >= 4 is 23.2 Å². The largest absolute Gasteiger partial charge is 0.492 e. The fourth-order valence-corrected chi connectivity index (χ4v) is 3.09. The summed E-state index contributed by atoms with van der Waals surface area (Å²) in [5.41, 5.74) is 1.85. The van der Waals surface area contributed by atoms with Gasteiger partial charge in [-0.15, -0.1) is 0 Å². The Balaban J connectivity index is 1.79. The molecule has 110 valence electrons. The van der Waals surface area contributed by atoms with Crippen LogP contribution in [-0.2, 0) is 6.54 Å². The van der Waals surface area contributed by atoms with E-state index in [0.717, 1.165) is 17.5 Å². The molecule has 2 nitrogen and oxygen atoms in total. The van der Waals surface area contributed by atoms with Crippen LogP contribution in [0.2, 0.25) is 10.0 Å². The van der Waals surface area contributed by atoms with E-state index >= 15 is 0 Å².